The number of nitrogens with zero attached hydrogens (tertiary/aromatic N) is 2. The normalized spacial score (nSPS) is 28.5. The van der Waals surface area contributed by atoms with Gasteiger partial charge in [-0.05, 0) is 43.6 Å². The number of hydrogen-bond donors (Lipinski definition) is 1. The van der Waals surface area contributed by atoms with Crippen molar-refractivity contribution in [3.8, 4) is 0 Å². The van der Waals surface area contributed by atoms with Crippen LogP contribution in [0, 0.1) is 5.92 Å². The van der Waals surface area contributed by atoms with E-state index in [0.717, 1.165) is 31.4 Å². The third-order valence-corrected chi connectivity index (χ3v) is 4.79. The molecule has 0 radical (unpaired) electrons. The summed E-state index contributed by atoms with van der Waals surface area (Å²) in [5.41, 5.74) is 5.70. The zero-order chi connectivity index (χ0) is 14.6. The summed E-state index contributed by atoms with van der Waals surface area (Å²) in [6, 6.07) is -0.182. The van der Waals surface area contributed by atoms with E-state index in [0.29, 0.717) is 17.6 Å². The van der Waals surface area contributed by atoms with E-state index in [9.17, 15) is 0 Å². The average molecular weight is 299 g/mol. The lowest BCUT2D eigenvalue weighted by molar-refractivity contribution is -0.0658. The van der Waals surface area contributed by atoms with Crippen LogP contribution >= 0.6 is 11.8 Å². The van der Waals surface area contributed by atoms with Gasteiger partial charge in [0.25, 0.3) is 0 Å². The van der Waals surface area contributed by atoms with Crippen LogP contribution in [-0.4, -0.2) is 29.3 Å². The Kier molecular flexibility index (Phi) is 5.46. The maximum atomic E-state index is 6.09. The largest absolute Gasteiger partial charge is 0.370 e. The highest BCUT2D eigenvalue weighted by Crippen LogP contribution is 2.41. The molecule has 0 aromatic carbocycles. The summed E-state index contributed by atoms with van der Waals surface area (Å²) in [6.07, 6.45) is 7.18. The number of thioether (sulfide) groups is 1. The summed E-state index contributed by atoms with van der Waals surface area (Å²) in [5, 5.41) is 4.15. The topological polar surface area (TPSA) is 74.2 Å². The molecule has 1 saturated carbocycles. The highest BCUT2D eigenvalue weighted by atomic mass is 32.2. The Balaban J connectivity index is 2.13. The Labute approximate surface area is 125 Å². The zero-order valence-electron chi connectivity index (χ0n) is 12.6. The maximum Gasteiger partial charge on any atom is 0.243 e. The van der Waals surface area contributed by atoms with Crippen molar-refractivity contribution in [1.82, 2.24) is 10.1 Å². The monoisotopic (exact) mass is 299 g/mol. The van der Waals surface area contributed by atoms with Crippen LogP contribution < -0.4 is 5.73 Å². The number of methoxy groups -OCH3 is 1. The fraction of sp³-hybridized carbons (Fsp3) is 0.857. The average Bonchev–Trinajstić information content (AvgIpc) is 2.95. The molecule has 20 heavy (non-hydrogen) atoms. The lowest BCUT2D eigenvalue weighted by atomic mass is 9.78. The van der Waals surface area contributed by atoms with E-state index in [2.05, 4.69) is 23.3 Å². The Hall–Kier alpha value is -0.590. The van der Waals surface area contributed by atoms with Gasteiger partial charge >= 0.3 is 0 Å². The van der Waals surface area contributed by atoms with Crippen molar-refractivity contribution >= 4 is 11.8 Å². The smallest absolute Gasteiger partial charge is 0.243 e. The first kappa shape index (κ1) is 15.8. The van der Waals surface area contributed by atoms with Crippen molar-refractivity contribution in [3.05, 3.63) is 11.7 Å². The summed E-state index contributed by atoms with van der Waals surface area (Å²) < 4.78 is 11.1. The number of rotatable bonds is 6. The highest BCUT2D eigenvalue weighted by molar-refractivity contribution is 7.98. The second kappa shape index (κ2) is 6.91. The number of nitrogens with two attached hydrogens (primary N) is 1. The van der Waals surface area contributed by atoms with E-state index < -0.39 is 5.60 Å². The quantitative estimate of drug-likeness (QED) is 0.870. The van der Waals surface area contributed by atoms with Gasteiger partial charge in [0.15, 0.2) is 0 Å². The summed E-state index contributed by atoms with van der Waals surface area (Å²) in [5.74, 6) is 2.81. The number of aromatic nitrogens is 2. The maximum absolute atomic E-state index is 6.09. The molecule has 0 bridgehead atoms. The van der Waals surface area contributed by atoms with Crippen molar-refractivity contribution in [2.45, 2.75) is 50.7 Å². The van der Waals surface area contributed by atoms with E-state index in [1.807, 2.05) is 0 Å². The van der Waals surface area contributed by atoms with Gasteiger partial charge in [-0.15, -0.1) is 0 Å². The van der Waals surface area contributed by atoms with E-state index in [1.54, 1.807) is 18.9 Å². The molecule has 6 heteroatoms. The molecule has 1 aromatic rings. The van der Waals surface area contributed by atoms with E-state index in [-0.39, 0.29) is 6.04 Å². The van der Waals surface area contributed by atoms with Gasteiger partial charge in [-0.3, -0.25) is 0 Å². The predicted octanol–water partition coefficient (Wildman–Crippen LogP) is 2.87. The van der Waals surface area contributed by atoms with Crippen molar-refractivity contribution in [2.24, 2.45) is 11.7 Å². The van der Waals surface area contributed by atoms with Gasteiger partial charge in [-0.25, -0.2) is 0 Å². The molecule has 0 spiro atoms. The molecule has 2 N–H and O–H groups in total. The van der Waals surface area contributed by atoms with Gasteiger partial charge in [0.2, 0.25) is 11.7 Å². The number of ether oxygens (including phenoxy) is 1. The van der Waals surface area contributed by atoms with Crippen molar-refractivity contribution in [3.63, 3.8) is 0 Å². The summed E-state index contributed by atoms with van der Waals surface area (Å²) in [7, 11) is 1.74. The van der Waals surface area contributed by atoms with E-state index in [4.69, 9.17) is 15.0 Å². The fourth-order valence-electron chi connectivity index (χ4n) is 2.92. The standard InChI is InChI=1S/C14H25N3O2S/c1-10-5-4-7-14(9-10,18-2)13-16-12(19-17-13)11(15)6-8-20-3/h10-11H,4-9,15H2,1-3H3/t10?,11-,14?/m0/s1. The van der Waals surface area contributed by atoms with Crippen LogP contribution in [0.25, 0.3) is 0 Å². The van der Waals surface area contributed by atoms with Crippen molar-refractivity contribution in [1.29, 1.82) is 0 Å². The van der Waals surface area contributed by atoms with E-state index in [1.165, 1.54) is 6.42 Å². The minimum absolute atomic E-state index is 0.182. The first-order chi connectivity index (χ1) is 9.61. The highest BCUT2D eigenvalue weighted by Gasteiger charge is 2.41. The molecular formula is C14H25N3O2S. The molecular weight excluding hydrogens is 274 g/mol. The molecule has 1 aliphatic rings. The lowest BCUT2D eigenvalue weighted by Gasteiger charge is -2.36. The van der Waals surface area contributed by atoms with Crippen LogP contribution in [0.15, 0.2) is 4.52 Å². The van der Waals surface area contributed by atoms with Gasteiger partial charge in [-0.2, -0.15) is 16.7 Å². The molecule has 0 amide bonds. The minimum Gasteiger partial charge on any atom is -0.370 e. The minimum atomic E-state index is -0.390. The SMILES string of the molecule is COC1(c2noc([C@@H](N)CCSC)n2)CCCC(C)C1. The zero-order valence-corrected chi connectivity index (χ0v) is 13.4. The fourth-order valence-corrected chi connectivity index (χ4v) is 3.41. The molecule has 0 saturated heterocycles. The lowest BCUT2D eigenvalue weighted by Crippen LogP contribution is -2.35. The summed E-state index contributed by atoms with van der Waals surface area (Å²) in [6.45, 7) is 2.25. The first-order valence-electron chi connectivity index (χ1n) is 7.25. The van der Waals surface area contributed by atoms with Crippen LogP contribution in [0.3, 0.4) is 0 Å². The van der Waals surface area contributed by atoms with Crippen molar-refractivity contribution in [2.75, 3.05) is 19.1 Å². The molecule has 1 fully saturated rings. The first-order valence-corrected chi connectivity index (χ1v) is 8.64. The van der Waals surface area contributed by atoms with Gasteiger partial charge in [0, 0.05) is 7.11 Å². The second-order valence-corrected chi connectivity index (χ2v) is 6.73. The van der Waals surface area contributed by atoms with Crippen LogP contribution in [0.4, 0.5) is 0 Å². The summed E-state index contributed by atoms with van der Waals surface area (Å²) >= 11 is 1.77. The molecule has 2 rings (SSSR count). The van der Waals surface area contributed by atoms with E-state index >= 15 is 0 Å². The molecule has 1 aromatic heterocycles. The molecule has 1 heterocycles. The van der Waals surface area contributed by atoms with Crippen LogP contribution in [0.5, 0.6) is 0 Å². The van der Waals surface area contributed by atoms with Crippen LogP contribution in [-0.2, 0) is 10.3 Å². The summed E-state index contributed by atoms with van der Waals surface area (Å²) in [4.78, 5) is 4.53. The van der Waals surface area contributed by atoms with Crippen LogP contribution in [0.2, 0.25) is 0 Å². The Bertz CT molecular complexity index is 426. The third-order valence-electron chi connectivity index (χ3n) is 4.15. The molecule has 2 unspecified atom stereocenters. The van der Waals surface area contributed by atoms with Gasteiger partial charge in [0.05, 0.1) is 6.04 Å². The Morgan fingerprint density at radius 3 is 3.05 bits per heavy atom. The van der Waals surface area contributed by atoms with Gasteiger partial charge in [-0.1, -0.05) is 18.5 Å². The molecule has 0 aliphatic heterocycles. The predicted molar refractivity (Wildman–Crippen MR) is 80.5 cm³/mol. The molecule has 5 nitrogen and oxygen atoms in total. The molecule has 1 aliphatic carbocycles. The second-order valence-electron chi connectivity index (χ2n) is 5.74. The van der Waals surface area contributed by atoms with Gasteiger partial charge in [0.1, 0.15) is 5.60 Å². The molecule has 114 valence electrons. The Morgan fingerprint density at radius 2 is 2.40 bits per heavy atom. The van der Waals surface area contributed by atoms with Crippen LogP contribution in [0.1, 0.15) is 56.8 Å². The molecule has 3 atom stereocenters. The van der Waals surface area contributed by atoms with Gasteiger partial charge < -0.3 is 15.0 Å². The number of hydrogen-bond acceptors (Lipinski definition) is 6. The third kappa shape index (κ3) is 3.35. The van der Waals surface area contributed by atoms with Crippen molar-refractivity contribution < 1.29 is 9.26 Å². The Morgan fingerprint density at radius 1 is 1.60 bits per heavy atom.